The van der Waals surface area contributed by atoms with Crippen molar-refractivity contribution in [1.82, 2.24) is 5.32 Å². The summed E-state index contributed by atoms with van der Waals surface area (Å²) in [6, 6.07) is 6.07. The van der Waals surface area contributed by atoms with Gasteiger partial charge in [-0.15, -0.1) is 0 Å². The molecule has 1 heterocycles. The molecule has 3 aromatic carbocycles. The number of hydrogen-bond donors (Lipinski definition) is 3. The van der Waals surface area contributed by atoms with Crippen LogP contribution in [0.2, 0.25) is 5.02 Å². The van der Waals surface area contributed by atoms with Gasteiger partial charge in [-0.3, -0.25) is 14.4 Å². The van der Waals surface area contributed by atoms with Crippen LogP contribution in [0.3, 0.4) is 0 Å². The van der Waals surface area contributed by atoms with Crippen molar-refractivity contribution < 1.29 is 41.4 Å². The number of carbonyl (C=O) groups is 3. The first-order chi connectivity index (χ1) is 16.8. The Bertz CT molecular complexity index is 1420. The molecule has 186 valence electrons. The molecule has 1 atom stereocenters. The van der Waals surface area contributed by atoms with E-state index in [0.717, 1.165) is 12.1 Å². The molecule has 4 rings (SSSR count). The van der Waals surface area contributed by atoms with E-state index in [-0.39, 0.29) is 39.0 Å². The number of carboxylic acids is 1. The number of benzene rings is 3. The lowest BCUT2D eigenvalue weighted by atomic mass is 9.93. The van der Waals surface area contributed by atoms with Crippen molar-refractivity contribution in [1.29, 1.82) is 0 Å². The van der Waals surface area contributed by atoms with Gasteiger partial charge < -0.3 is 15.7 Å². The average Bonchev–Trinajstić information content (AvgIpc) is 3.10. The number of alkyl halides is 3. The normalized spacial score (nSPS) is 14.8. The number of nitrogens with one attached hydrogen (secondary N) is 2. The lowest BCUT2D eigenvalue weighted by Crippen LogP contribution is -2.21. The summed E-state index contributed by atoms with van der Waals surface area (Å²) in [4.78, 5) is 36.8. The molecule has 0 radical (unpaired) electrons. The first-order valence-electron chi connectivity index (χ1n) is 10.2. The van der Waals surface area contributed by atoms with Crippen LogP contribution in [0.1, 0.15) is 49.0 Å². The van der Waals surface area contributed by atoms with E-state index in [4.69, 9.17) is 11.6 Å². The highest BCUT2D eigenvalue weighted by Crippen LogP contribution is 2.40. The maximum absolute atomic E-state index is 14.0. The Morgan fingerprint density at radius 1 is 1.03 bits per heavy atom. The Kier molecular flexibility index (Phi) is 6.44. The highest BCUT2D eigenvalue weighted by molar-refractivity contribution is 6.31. The molecule has 0 aromatic heterocycles. The SMILES string of the molecule is O=C(O)Cc1cc(NC(=O)c2cc(F)cc(C(F)(F)F)c2)c2c(c1)C(=O)NC2c1cc(F)ccc1Cl. The third-order valence-electron chi connectivity index (χ3n) is 5.41. The lowest BCUT2D eigenvalue weighted by Gasteiger charge is -2.19. The summed E-state index contributed by atoms with van der Waals surface area (Å²) in [6.45, 7) is 0. The summed E-state index contributed by atoms with van der Waals surface area (Å²) in [6.07, 6.45) is -5.47. The fourth-order valence-corrected chi connectivity index (χ4v) is 4.15. The minimum absolute atomic E-state index is 0.0513. The minimum Gasteiger partial charge on any atom is -0.481 e. The monoisotopic (exact) mass is 524 g/mol. The number of carboxylic acid groups (broad SMARTS) is 1. The first-order valence-corrected chi connectivity index (χ1v) is 10.5. The van der Waals surface area contributed by atoms with Gasteiger partial charge in [-0.05, 0) is 54.1 Å². The molecule has 0 fully saturated rings. The Labute approximate surface area is 204 Å². The number of fused-ring (bicyclic) bond motifs is 1. The van der Waals surface area contributed by atoms with E-state index < -0.39 is 59.2 Å². The second-order valence-electron chi connectivity index (χ2n) is 7.93. The Balaban J connectivity index is 1.84. The molecule has 0 saturated heterocycles. The Morgan fingerprint density at radius 2 is 1.75 bits per heavy atom. The van der Waals surface area contributed by atoms with Crippen LogP contribution in [0.4, 0.5) is 27.6 Å². The molecule has 1 aliphatic heterocycles. The van der Waals surface area contributed by atoms with Crippen LogP contribution < -0.4 is 10.6 Å². The van der Waals surface area contributed by atoms with Gasteiger partial charge in [-0.25, -0.2) is 8.78 Å². The number of halogens is 6. The molecule has 1 aliphatic rings. The molecule has 1 unspecified atom stereocenters. The van der Waals surface area contributed by atoms with Crippen LogP contribution in [0, 0.1) is 11.6 Å². The van der Waals surface area contributed by atoms with Crippen LogP contribution in [0.15, 0.2) is 48.5 Å². The number of amides is 2. The van der Waals surface area contributed by atoms with Gasteiger partial charge in [0.2, 0.25) is 0 Å². The zero-order valence-electron chi connectivity index (χ0n) is 17.8. The fraction of sp³-hybridized carbons (Fsp3) is 0.125. The van der Waals surface area contributed by atoms with Gasteiger partial charge in [-0.2, -0.15) is 13.2 Å². The predicted octanol–water partition coefficient (Wildman–Crippen LogP) is 5.35. The lowest BCUT2D eigenvalue weighted by molar-refractivity contribution is -0.138. The molecule has 0 aliphatic carbocycles. The van der Waals surface area contributed by atoms with Gasteiger partial charge in [-0.1, -0.05) is 11.6 Å². The van der Waals surface area contributed by atoms with Gasteiger partial charge >= 0.3 is 12.1 Å². The van der Waals surface area contributed by atoms with E-state index >= 15 is 0 Å². The standard InChI is InChI=1S/C24H14ClF5N2O4/c25-17-2-1-13(26)9-15(17)21-20-16(23(36)32-21)3-10(5-19(33)34)4-18(20)31-22(35)11-6-12(24(28,29)30)8-14(27)7-11/h1-4,6-9,21H,5H2,(H,31,35)(H,32,36)(H,33,34). The summed E-state index contributed by atoms with van der Waals surface area (Å²) < 4.78 is 67.1. The van der Waals surface area contributed by atoms with Gasteiger partial charge in [0.05, 0.1) is 18.0 Å². The number of aliphatic carboxylic acids is 1. The average molecular weight is 525 g/mol. The Morgan fingerprint density at radius 3 is 2.42 bits per heavy atom. The van der Waals surface area contributed by atoms with Crippen molar-refractivity contribution in [3.05, 3.63) is 98.6 Å². The zero-order chi connectivity index (χ0) is 26.4. The quantitative estimate of drug-likeness (QED) is 0.392. The van der Waals surface area contributed by atoms with Crippen molar-refractivity contribution in [3.63, 3.8) is 0 Å². The minimum atomic E-state index is -4.92. The zero-order valence-corrected chi connectivity index (χ0v) is 18.6. The van der Waals surface area contributed by atoms with Gasteiger partial charge in [0, 0.05) is 33.0 Å². The summed E-state index contributed by atoms with van der Waals surface area (Å²) in [7, 11) is 0. The van der Waals surface area contributed by atoms with Crippen molar-refractivity contribution >= 4 is 35.1 Å². The van der Waals surface area contributed by atoms with E-state index in [1.807, 2.05) is 0 Å². The highest BCUT2D eigenvalue weighted by Gasteiger charge is 2.36. The van der Waals surface area contributed by atoms with Crippen LogP contribution in [0.5, 0.6) is 0 Å². The van der Waals surface area contributed by atoms with Gasteiger partial charge in [0.15, 0.2) is 0 Å². The topological polar surface area (TPSA) is 95.5 Å². The third-order valence-corrected chi connectivity index (χ3v) is 5.75. The van der Waals surface area contributed by atoms with Gasteiger partial charge in [0.25, 0.3) is 11.8 Å². The molecule has 3 aromatic rings. The van der Waals surface area contributed by atoms with E-state index in [0.29, 0.717) is 12.1 Å². The van der Waals surface area contributed by atoms with Crippen LogP contribution in [0.25, 0.3) is 0 Å². The molecular formula is C24H14ClF5N2O4. The maximum atomic E-state index is 14.0. The molecule has 2 amide bonds. The molecule has 6 nitrogen and oxygen atoms in total. The maximum Gasteiger partial charge on any atom is 0.416 e. The van der Waals surface area contributed by atoms with Crippen LogP contribution >= 0.6 is 11.6 Å². The van der Waals surface area contributed by atoms with Crippen molar-refractivity contribution in [3.8, 4) is 0 Å². The van der Waals surface area contributed by atoms with E-state index in [1.165, 1.54) is 18.2 Å². The highest BCUT2D eigenvalue weighted by atomic mass is 35.5. The molecule has 0 spiro atoms. The predicted molar refractivity (Wildman–Crippen MR) is 118 cm³/mol. The van der Waals surface area contributed by atoms with Crippen molar-refractivity contribution in [2.45, 2.75) is 18.6 Å². The molecule has 36 heavy (non-hydrogen) atoms. The Hall–Kier alpha value is -3.99. The molecule has 0 bridgehead atoms. The van der Waals surface area contributed by atoms with E-state index in [9.17, 15) is 41.4 Å². The van der Waals surface area contributed by atoms with E-state index in [2.05, 4.69) is 10.6 Å². The fourth-order valence-electron chi connectivity index (χ4n) is 3.92. The van der Waals surface area contributed by atoms with Crippen LogP contribution in [-0.2, 0) is 17.4 Å². The van der Waals surface area contributed by atoms with E-state index in [1.54, 1.807) is 0 Å². The molecule has 3 N–H and O–H groups in total. The molecule has 12 heteroatoms. The number of hydrogen-bond acceptors (Lipinski definition) is 3. The van der Waals surface area contributed by atoms with Gasteiger partial charge in [0.1, 0.15) is 11.6 Å². The summed E-state index contributed by atoms with van der Waals surface area (Å²) in [5.74, 6) is -5.07. The third kappa shape index (κ3) is 5.01. The summed E-state index contributed by atoms with van der Waals surface area (Å²) in [5, 5.41) is 14.2. The van der Waals surface area contributed by atoms with Crippen molar-refractivity contribution in [2.75, 3.05) is 5.32 Å². The summed E-state index contributed by atoms with van der Waals surface area (Å²) in [5.41, 5.74) is -1.96. The molecular weight excluding hydrogens is 511 g/mol. The second-order valence-corrected chi connectivity index (χ2v) is 8.34. The molecule has 0 saturated carbocycles. The second kappa shape index (κ2) is 9.23. The van der Waals surface area contributed by atoms with Crippen LogP contribution in [-0.4, -0.2) is 22.9 Å². The number of carbonyl (C=O) groups excluding carboxylic acids is 2. The largest absolute Gasteiger partial charge is 0.481 e. The van der Waals surface area contributed by atoms with Crippen molar-refractivity contribution in [2.24, 2.45) is 0 Å². The number of anilines is 1. The summed E-state index contributed by atoms with van der Waals surface area (Å²) >= 11 is 6.19. The smallest absolute Gasteiger partial charge is 0.416 e. The number of rotatable bonds is 5. The first kappa shape index (κ1) is 25.1.